The first-order chi connectivity index (χ1) is 15.9. The molecular formula is C27H36N4OS. The summed E-state index contributed by atoms with van der Waals surface area (Å²) in [5.41, 5.74) is 5.13. The number of aryl methyl sites for hydroxylation is 2. The summed E-state index contributed by atoms with van der Waals surface area (Å²) in [4.78, 5) is 20.6. The van der Waals surface area contributed by atoms with Gasteiger partial charge in [-0.05, 0) is 68.3 Å². The molecule has 0 saturated carbocycles. The normalized spacial score (nSPS) is 11.2. The van der Waals surface area contributed by atoms with Gasteiger partial charge in [0, 0.05) is 30.6 Å². The van der Waals surface area contributed by atoms with Crippen LogP contribution in [0.3, 0.4) is 0 Å². The number of hydrogen-bond donors (Lipinski definition) is 2. The Balaban J connectivity index is 1.78. The van der Waals surface area contributed by atoms with E-state index in [-0.39, 0.29) is 5.56 Å². The number of pyridine rings is 1. The van der Waals surface area contributed by atoms with Crippen LogP contribution in [0.4, 0.5) is 0 Å². The monoisotopic (exact) mass is 464 g/mol. The minimum absolute atomic E-state index is 0.0453. The number of H-pyrrole nitrogens is 1. The Morgan fingerprint density at radius 1 is 1.00 bits per heavy atom. The Kier molecular flexibility index (Phi) is 9.03. The third kappa shape index (κ3) is 6.65. The van der Waals surface area contributed by atoms with Crippen molar-refractivity contribution in [3.8, 4) is 0 Å². The smallest absolute Gasteiger partial charge is 0.253 e. The van der Waals surface area contributed by atoms with E-state index in [0.717, 1.165) is 66.7 Å². The Hall–Kier alpha value is -2.70. The summed E-state index contributed by atoms with van der Waals surface area (Å²) in [6.45, 7) is 13.3. The fourth-order valence-electron chi connectivity index (χ4n) is 4.07. The van der Waals surface area contributed by atoms with Crippen LogP contribution < -0.4 is 10.9 Å². The quantitative estimate of drug-likeness (QED) is 0.436. The molecule has 0 aliphatic heterocycles. The lowest BCUT2D eigenvalue weighted by molar-refractivity contribution is 0.263. The third-order valence-electron chi connectivity index (χ3n) is 6.28. The first kappa shape index (κ1) is 24.9. The van der Waals surface area contributed by atoms with Gasteiger partial charge < -0.3 is 20.1 Å². The van der Waals surface area contributed by atoms with E-state index in [1.54, 1.807) is 0 Å². The highest BCUT2D eigenvalue weighted by Gasteiger charge is 2.15. The highest BCUT2D eigenvalue weighted by molar-refractivity contribution is 7.80. The molecule has 0 atom stereocenters. The number of likely N-dealkylation sites (N-methyl/N-ethyl adjacent to an activating group) is 1. The fourth-order valence-corrected chi connectivity index (χ4v) is 4.32. The molecule has 0 bridgehead atoms. The van der Waals surface area contributed by atoms with Gasteiger partial charge in [0.15, 0.2) is 5.11 Å². The minimum atomic E-state index is -0.0453. The Labute approximate surface area is 202 Å². The second-order valence-corrected chi connectivity index (χ2v) is 8.91. The number of benzene rings is 2. The summed E-state index contributed by atoms with van der Waals surface area (Å²) in [5.74, 6) is 0. The van der Waals surface area contributed by atoms with Gasteiger partial charge in [-0.2, -0.15) is 0 Å². The van der Waals surface area contributed by atoms with Crippen LogP contribution in [0, 0.1) is 13.8 Å². The maximum absolute atomic E-state index is 12.9. The summed E-state index contributed by atoms with van der Waals surface area (Å²) in [6, 6.07) is 16.6. The topological polar surface area (TPSA) is 51.4 Å². The highest BCUT2D eigenvalue weighted by Crippen LogP contribution is 2.20. The second-order valence-electron chi connectivity index (χ2n) is 8.53. The van der Waals surface area contributed by atoms with Crippen LogP contribution in [-0.2, 0) is 13.0 Å². The number of fused-ring (bicyclic) bond motifs is 1. The van der Waals surface area contributed by atoms with Crippen molar-refractivity contribution >= 4 is 28.2 Å². The molecule has 0 amide bonds. The van der Waals surface area contributed by atoms with E-state index in [9.17, 15) is 4.79 Å². The molecule has 2 N–H and O–H groups in total. The van der Waals surface area contributed by atoms with E-state index in [1.807, 2.05) is 19.1 Å². The zero-order valence-electron chi connectivity index (χ0n) is 20.3. The second kappa shape index (κ2) is 12.0. The molecule has 0 aliphatic rings. The third-order valence-corrected chi connectivity index (χ3v) is 6.68. The number of nitrogens with one attached hydrogen (secondary N) is 2. The van der Waals surface area contributed by atoms with E-state index in [0.29, 0.717) is 11.7 Å². The van der Waals surface area contributed by atoms with Crippen LogP contribution >= 0.6 is 12.2 Å². The van der Waals surface area contributed by atoms with Crippen molar-refractivity contribution in [1.29, 1.82) is 0 Å². The molecule has 0 spiro atoms. The number of nitrogens with zero attached hydrogens (tertiary/aromatic N) is 2. The van der Waals surface area contributed by atoms with Crippen molar-refractivity contribution in [2.24, 2.45) is 0 Å². The standard InChI is InChI=1S/C27H36N4OS/c1-5-30(6-2)16-17-31(27(33)28-15-14-22-10-8-7-9-11-22)19-23-18-24-20(3)12-13-21(4)25(24)29-26(23)32/h7-13,18H,5-6,14-17,19H2,1-4H3,(H,28,33)(H,29,32). The molecule has 1 aromatic heterocycles. The Morgan fingerprint density at radius 3 is 2.39 bits per heavy atom. The lowest BCUT2D eigenvalue weighted by atomic mass is 10.0. The lowest BCUT2D eigenvalue weighted by Crippen LogP contribution is -2.44. The van der Waals surface area contributed by atoms with Gasteiger partial charge in [0.2, 0.25) is 0 Å². The van der Waals surface area contributed by atoms with Crippen LogP contribution in [0.15, 0.2) is 53.3 Å². The highest BCUT2D eigenvalue weighted by atomic mass is 32.1. The van der Waals surface area contributed by atoms with Crippen molar-refractivity contribution in [1.82, 2.24) is 20.1 Å². The summed E-state index contributed by atoms with van der Waals surface area (Å²) in [6.07, 6.45) is 0.903. The summed E-state index contributed by atoms with van der Waals surface area (Å²) in [5, 5.41) is 5.20. The first-order valence-electron chi connectivity index (χ1n) is 11.8. The number of thiocarbonyl (C=S) groups is 1. The van der Waals surface area contributed by atoms with E-state index in [2.05, 4.69) is 77.3 Å². The van der Waals surface area contributed by atoms with Gasteiger partial charge in [0.1, 0.15) is 0 Å². The van der Waals surface area contributed by atoms with Gasteiger partial charge in [0.25, 0.3) is 5.56 Å². The molecule has 33 heavy (non-hydrogen) atoms. The van der Waals surface area contributed by atoms with E-state index in [4.69, 9.17) is 12.2 Å². The summed E-state index contributed by atoms with van der Waals surface area (Å²) < 4.78 is 0. The van der Waals surface area contributed by atoms with Crippen molar-refractivity contribution < 1.29 is 0 Å². The Bertz CT molecular complexity index is 1120. The largest absolute Gasteiger partial charge is 0.362 e. The molecule has 5 nitrogen and oxygen atoms in total. The van der Waals surface area contributed by atoms with Crippen molar-refractivity contribution in [2.45, 2.75) is 40.7 Å². The van der Waals surface area contributed by atoms with E-state index in [1.165, 1.54) is 5.56 Å². The van der Waals surface area contributed by atoms with Gasteiger partial charge in [-0.3, -0.25) is 4.79 Å². The van der Waals surface area contributed by atoms with Crippen molar-refractivity contribution in [3.05, 3.63) is 81.1 Å². The minimum Gasteiger partial charge on any atom is -0.362 e. The molecule has 2 aromatic carbocycles. The van der Waals surface area contributed by atoms with Crippen LogP contribution in [-0.4, -0.2) is 52.6 Å². The predicted molar refractivity (Wildman–Crippen MR) is 143 cm³/mol. The molecule has 176 valence electrons. The van der Waals surface area contributed by atoms with E-state index < -0.39 is 0 Å². The van der Waals surface area contributed by atoms with Gasteiger partial charge in [-0.15, -0.1) is 0 Å². The lowest BCUT2D eigenvalue weighted by Gasteiger charge is -2.29. The van der Waals surface area contributed by atoms with Crippen molar-refractivity contribution in [3.63, 3.8) is 0 Å². The Morgan fingerprint density at radius 2 is 1.70 bits per heavy atom. The van der Waals surface area contributed by atoms with Gasteiger partial charge in [0.05, 0.1) is 12.1 Å². The van der Waals surface area contributed by atoms with Crippen LogP contribution in [0.25, 0.3) is 10.9 Å². The average Bonchev–Trinajstić information content (AvgIpc) is 2.82. The number of aromatic nitrogens is 1. The average molecular weight is 465 g/mol. The molecule has 1 heterocycles. The van der Waals surface area contributed by atoms with Gasteiger partial charge in [-0.25, -0.2) is 0 Å². The molecule has 0 aliphatic carbocycles. The number of aromatic amines is 1. The predicted octanol–water partition coefficient (Wildman–Crippen LogP) is 4.41. The molecule has 0 saturated heterocycles. The molecule has 3 rings (SSSR count). The zero-order valence-corrected chi connectivity index (χ0v) is 21.1. The van der Waals surface area contributed by atoms with Crippen LogP contribution in [0.1, 0.15) is 36.1 Å². The van der Waals surface area contributed by atoms with E-state index >= 15 is 0 Å². The fraction of sp³-hybridized carbons (Fsp3) is 0.407. The zero-order chi connectivity index (χ0) is 23.8. The number of rotatable bonds is 10. The maximum atomic E-state index is 12.9. The molecular weight excluding hydrogens is 428 g/mol. The summed E-state index contributed by atoms with van der Waals surface area (Å²) >= 11 is 5.78. The molecule has 0 fully saturated rings. The van der Waals surface area contributed by atoms with Crippen molar-refractivity contribution in [2.75, 3.05) is 32.7 Å². The summed E-state index contributed by atoms with van der Waals surface area (Å²) in [7, 11) is 0. The molecule has 0 unspecified atom stereocenters. The molecule has 0 radical (unpaired) electrons. The first-order valence-corrected chi connectivity index (χ1v) is 12.2. The number of hydrogen-bond acceptors (Lipinski definition) is 3. The van der Waals surface area contributed by atoms with Crippen LogP contribution in [0.5, 0.6) is 0 Å². The SMILES string of the molecule is CCN(CC)CCN(Cc1cc2c(C)ccc(C)c2[nH]c1=O)C(=S)NCCc1ccccc1. The van der Waals surface area contributed by atoms with Crippen LogP contribution in [0.2, 0.25) is 0 Å². The molecule has 3 aromatic rings. The van der Waals surface area contributed by atoms with Gasteiger partial charge >= 0.3 is 0 Å². The maximum Gasteiger partial charge on any atom is 0.253 e. The van der Waals surface area contributed by atoms with Gasteiger partial charge in [-0.1, -0.05) is 56.3 Å². The molecule has 6 heteroatoms.